The number of hydrogen-bond donors (Lipinski definition) is 3. The second-order valence-corrected chi connectivity index (χ2v) is 9.13. The molecule has 0 aromatic heterocycles. The van der Waals surface area contributed by atoms with Crippen molar-refractivity contribution in [1.82, 2.24) is 15.5 Å². The first-order valence-electron chi connectivity index (χ1n) is 10.9. The van der Waals surface area contributed by atoms with Crippen molar-refractivity contribution in [3.05, 3.63) is 35.9 Å². The molecule has 3 N–H and O–H groups in total. The van der Waals surface area contributed by atoms with E-state index in [4.69, 9.17) is 4.74 Å². The number of hydrogen-bond acceptors (Lipinski definition) is 5. The van der Waals surface area contributed by atoms with E-state index < -0.39 is 29.1 Å². The van der Waals surface area contributed by atoms with E-state index >= 15 is 0 Å². The van der Waals surface area contributed by atoms with Crippen LogP contribution in [0.1, 0.15) is 32.3 Å². The maximum atomic E-state index is 13.6. The third-order valence-electron chi connectivity index (χ3n) is 7.46. The molecule has 3 fully saturated rings. The number of ether oxygens (including phenoxy) is 1. The number of aliphatic hydroxyl groups excluding tert-OH is 1. The number of aliphatic hydroxyl groups is 1. The molecule has 3 aliphatic heterocycles. The molecule has 1 spiro atoms. The maximum Gasteiger partial charge on any atom is 0.246 e. The largest absolute Gasteiger partial charge is 0.396 e. The van der Waals surface area contributed by atoms with Crippen molar-refractivity contribution in [1.29, 1.82) is 0 Å². The highest BCUT2D eigenvalue weighted by atomic mass is 16.5. The Bertz CT molecular complexity index is 877. The van der Waals surface area contributed by atoms with E-state index in [0.29, 0.717) is 19.4 Å². The summed E-state index contributed by atoms with van der Waals surface area (Å²) in [5, 5.41) is 15.0. The van der Waals surface area contributed by atoms with Crippen LogP contribution in [0.15, 0.2) is 30.3 Å². The highest BCUT2D eigenvalue weighted by molar-refractivity contribution is 5.99. The number of nitrogens with one attached hydrogen (secondary N) is 2. The minimum absolute atomic E-state index is 0.0149. The summed E-state index contributed by atoms with van der Waals surface area (Å²) in [6, 6.07) is 8.73. The second-order valence-electron chi connectivity index (χ2n) is 9.13. The van der Waals surface area contributed by atoms with Crippen molar-refractivity contribution in [2.45, 2.75) is 50.5 Å². The average molecular weight is 430 g/mol. The number of fused-ring (bicyclic) bond motifs is 1. The van der Waals surface area contributed by atoms with Gasteiger partial charge in [0.2, 0.25) is 17.7 Å². The van der Waals surface area contributed by atoms with Crippen LogP contribution in [-0.2, 0) is 25.7 Å². The zero-order valence-corrected chi connectivity index (χ0v) is 18.3. The van der Waals surface area contributed by atoms with E-state index in [9.17, 15) is 19.5 Å². The Labute approximate surface area is 182 Å². The van der Waals surface area contributed by atoms with Gasteiger partial charge in [-0.1, -0.05) is 37.3 Å². The van der Waals surface area contributed by atoms with Crippen molar-refractivity contribution in [3.63, 3.8) is 0 Å². The SMILES string of the molecule is CNC(=O)[C@H]1[C@H]2C(=O)N(CCCO)C(C(=O)NCc3ccccc3)C23CC(C)[C@]1(C)O3. The Hall–Kier alpha value is -2.45. The van der Waals surface area contributed by atoms with Gasteiger partial charge in [0.25, 0.3) is 0 Å². The molecule has 31 heavy (non-hydrogen) atoms. The lowest BCUT2D eigenvalue weighted by Gasteiger charge is -2.36. The Morgan fingerprint density at radius 1 is 1.26 bits per heavy atom. The van der Waals surface area contributed by atoms with Crippen LogP contribution in [0.25, 0.3) is 0 Å². The van der Waals surface area contributed by atoms with Crippen LogP contribution in [0.3, 0.4) is 0 Å². The van der Waals surface area contributed by atoms with Crippen LogP contribution >= 0.6 is 0 Å². The van der Waals surface area contributed by atoms with Crippen LogP contribution in [0.2, 0.25) is 0 Å². The number of benzene rings is 1. The highest BCUT2D eigenvalue weighted by Crippen LogP contribution is 2.65. The first kappa shape index (κ1) is 21.8. The fraction of sp³-hybridized carbons (Fsp3) is 0.609. The number of nitrogens with zero attached hydrogens (tertiary/aromatic N) is 1. The second kappa shape index (κ2) is 7.91. The molecule has 0 aliphatic carbocycles. The van der Waals surface area contributed by atoms with Crippen LogP contribution in [0.4, 0.5) is 0 Å². The Balaban J connectivity index is 1.69. The Morgan fingerprint density at radius 3 is 2.61 bits per heavy atom. The molecular formula is C23H31N3O5. The molecule has 2 bridgehead atoms. The Kier molecular flexibility index (Phi) is 5.55. The molecule has 6 atom stereocenters. The highest BCUT2D eigenvalue weighted by Gasteiger charge is 2.79. The molecule has 3 saturated heterocycles. The summed E-state index contributed by atoms with van der Waals surface area (Å²) in [5.41, 5.74) is -0.892. The molecule has 3 heterocycles. The van der Waals surface area contributed by atoms with Gasteiger partial charge in [-0.25, -0.2) is 0 Å². The van der Waals surface area contributed by atoms with Gasteiger partial charge >= 0.3 is 0 Å². The normalized spacial score (nSPS) is 35.9. The van der Waals surface area contributed by atoms with Gasteiger partial charge < -0.3 is 25.4 Å². The third-order valence-corrected chi connectivity index (χ3v) is 7.46. The third kappa shape index (κ3) is 3.15. The van der Waals surface area contributed by atoms with Crippen LogP contribution in [0, 0.1) is 17.8 Å². The van der Waals surface area contributed by atoms with Gasteiger partial charge in [0, 0.05) is 26.7 Å². The number of carbonyl (C=O) groups is 3. The van der Waals surface area contributed by atoms with Crippen molar-refractivity contribution in [3.8, 4) is 0 Å². The number of rotatable bonds is 7. The number of likely N-dealkylation sites (tertiary alicyclic amines) is 1. The summed E-state index contributed by atoms with van der Waals surface area (Å²) < 4.78 is 6.54. The van der Waals surface area contributed by atoms with E-state index in [2.05, 4.69) is 10.6 Å². The zero-order valence-electron chi connectivity index (χ0n) is 18.3. The molecule has 0 radical (unpaired) electrons. The van der Waals surface area contributed by atoms with Crippen molar-refractivity contribution in [2.24, 2.45) is 17.8 Å². The molecule has 1 aromatic carbocycles. The minimum atomic E-state index is -1.04. The van der Waals surface area contributed by atoms with Gasteiger partial charge in [-0.2, -0.15) is 0 Å². The molecule has 3 amide bonds. The van der Waals surface area contributed by atoms with Gasteiger partial charge in [-0.3, -0.25) is 14.4 Å². The fourth-order valence-electron chi connectivity index (χ4n) is 5.96. The van der Waals surface area contributed by atoms with Crippen molar-refractivity contribution < 1.29 is 24.2 Å². The quantitative estimate of drug-likeness (QED) is 0.583. The first-order chi connectivity index (χ1) is 14.8. The van der Waals surface area contributed by atoms with Crippen molar-refractivity contribution >= 4 is 17.7 Å². The zero-order chi connectivity index (χ0) is 22.4. The van der Waals surface area contributed by atoms with Crippen LogP contribution in [-0.4, -0.2) is 65.2 Å². The van der Waals surface area contributed by atoms with Gasteiger partial charge in [-0.15, -0.1) is 0 Å². The topological polar surface area (TPSA) is 108 Å². The van der Waals surface area contributed by atoms with E-state index in [-0.39, 0.29) is 36.8 Å². The molecule has 3 aliphatic rings. The van der Waals surface area contributed by atoms with E-state index in [1.165, 1.54) is 4.90 Å². The number of carbonyl (C=O) groups excluding carboxylic acids is 3. The fourth-order valence-corrected chi connectivity index (χ4v) is 5.96. The molecule has 0 saturated carbocycles. The first-order valence-corrected chi connectivity index (χ1v) is 10.9. The maximum absolute atomic E-state index is 13.6. The molecule has 4 rings (SSSR count). The smallest absolute Gasteiger partial charge is 0.246 e. The molecule has 3 unspecified atom stereocenters. The van der Waals surface area contributed by atoms with E-state index in [1.807, 2.05) is 44.2 Å². The molecule has 8 heteroatoms. The number of amides is 3. The minimum Gasteiger partial charge on any atom is -0.396 e. The van der Waals surface area contributed by atoms with Gasteiger partial charge in [0.1, 0.15) is 11.6 Å². The molecule has 1 aromatic rings. The lowest BCUT2D eigenvalue weighted by molar-refractivity contribution is -0.147. The summed E-state index contributed by atoms with van der Waals surface area (Å²) in [4.78, 5) is 41.4. The predicted molar refractivity (Wildman–Crippen MR) is 113 cm³/mol. The van der Waals surface area contributed by atoms with Gasteiger partial charge in [-0.05, 0) is 31.2 Å². The molecular weight excluding hydrogens is 398 g/mol. The summed E-state index contributed by atoms with van der Waals surface area (Å²) >= 11 is 0. The van der Waals surface area contributed by atoms with Gasteiger partial charge in [0.05, 0.1) is 17.4 Å². The standard InChI is InChI=1S/C23H31N3O5/c1-14-12-23-17(16(19(28)24-3)22(14,2)31-23)21(30)26(10-7-11-27)18(23)20(29)25-13-15-8-5-4-6-9-15/h4-6,8-9,14,16-18,27H,7,10-13H2,1-3H3,(H,24,28)(H,25,29)/t14?,16-,17+,18?,22+,23?/m1/s1. The van der Waals surface area contributed by atoms with Crippen molar-refractivity contribution in [2.75, 3.05) is 20.2 Å². The summed E-state index contributed by atoms with van der Waals surface area (Å²) in [6.07, 6.45) is 0.890. The Morgan fingerprint density at radius 2 is 1.97 bits per heavy atom. The lowest BCUT2D eigenvalue weighted by Crippen LogP contribution is -2.55. The monoisotopic (exact) mass is 429 g/mol. The summed E-state index contributed by atoms with van der Waals surface area (Å²) in [7, 11) is 1.56. The summed E-state index contributed by atoms with van der Waals surface area (Å²) in [6.45, 7) is 4.39. The predicted octanol–water partition coefficient (Wildman–Crippen LogP) is 0.442. The molecule has 8 nitrogen and oxygen atoms in total. The van der Waals surface area contributed by atoms with Crippen LogP contribution < -0.4 is 10.6 Å². The van der Waals surface area contributed by atoms with E-state index in [1.54, 1.807) is 7.05 Å². The lowest BCUT2D eigenvalue weighted by atomic mass is 9.62. The van der Waals surface area contributed by atoms with E-state index in [0.717, 1.165) is 5.56 Å². The molecule has 168 valence electrons. The average Bonchev–Trinajstić information content (AvgIpc) is 3.27. The summed E-state index contributed by atoms with van der Waals surface area (Å²) in [5.74, 6) is -2.11. The van der Waals surface area contributed by atoms with Crippen LogP contribution in [0.5, 0.6) is 0 Å². The van der Waals surface area contributed by atoms with Gasteiger partial charge in [0.15, 0.2) is 0 Å².